The maximum Gasteiger partial charge on any atom is 0.283 e. The molecule has 0 saturated heterocycles. The summed E-state index contributed by atoms with van der Waals surface area (Å²) in [5.41, 5.74) is 0. The van der Waals surface area contributed by atoms with Gasteiger partial charge in [-0.15, -0.1) is 10.2 Å². The molecular weight excluding hydrogens is 188 g/mol. The SMILES string of the molecule is CSCc1nnc(-c2ccco2)o1. The van der Waals surface area contributed by atoms with Gasteiger partial charge >= 0.3 is 0 Å². The molecule has 0 radical (unpaired) electrons. The third kappa shape index (κ3) is 1.75. The van der Waals surface area contributed by atoms with Gasteiger partial charge in [0.1, 0.15) is 0 Å². The van der Waals surface area contributed by atoms with Crippen molar-refractivity contribution in [3.63, 3.8) is 0 Å². The van der Waals surface area contributed by atoms with Gasteiger partial charge in [0.15, 0.2) is 5.76 Å². The highest BCUT2D eigenvalue weighted by atomic mass is 32.2. The van der Waals surface area contributed by atoms with Crippen LogP contribution < -0.4 is 0 Å². The van der Waals surface area contributed by atoms with Crippen LogP contribution in [0.1, 0.15) is 5.89 Å². The summed E-state index contributed by atoms with van der Waals surface area (Å²) < 4.78 is 10.4. The van der Waals surface area contributed by atoms with Crippen LogP contribution in [0.2, 0.25) is 0 Å². The lowest BCUT2D eigenvalue weighted by Crippen LogP contribution is -1.77. The van der Waals surface area contributed by atoms with E-state index >= 15 is 0 Å². The van der Waals surface area contributed by atoms with Gasteiger partial charge in [0, 0.05) is 0 Å². The van der Waals surface area contributed by atoms with Crippen LogP contribution >= 0.6 is 11.8 Å². The lowest BCUT2D eigenvalue weighted by atomic mass is 10.5. The van der Waals surface area contributed by atoms with Crippen molar-refractivity contribution >= 4 is 11.8 Å². The zero-order chi connectivity index (χ0) is 9.10. The molecule has 0 aliphatic carbocycles. The molecule has 0 bridgehead atoms. The summed E-state index contributed by atoms with van der Waals surface area (Å²) in [6.45, 7) is 0. The largest absolute Gasteiger partial charge is 0.459 e. The van der Waals surface area contributed by atoms with Gasteiger partial charge in [-0.05, 0) is 18.4 Å². The van der Waals surface area contributed by atoms with Crippen LogP contribution in [0, 0.1) is 0 Å². The van der Waals surface area contributed by atoms with Gasteiger partial charge in [-0.1, -0.05) is 0 Å². The predicted molar refractivity (Wildman–Crippen MR) is 49.2 cm³/mol. The van der Waals surface area contributed by atoms with Crippen molar-refractivity contribution in [1.82, 2.24) is 10.2 Å². The number of aromatic nitrogens is 2. The van der Waals surface area contributed by atoms with Crippen LogP contribution in [0.5, 0.6) is 0 Å². The molecule has 4 nitrogen and oxygen atoms in total. The summed E-state index contributed by atoms with van der Waals surface area (Å²) in [7, 11) is 0. The Kier molecular flexibility index (Phi) is 2.35. The van der Waals surface area contributed by atoms with E-state index in [0.29, 0.717) is 17.5 Å². The standard InChI is InChI=1S/C8H8N2O2S/c1-13-5-7-9-10-8(12-7)6-3-2-4-11-6/h2-4H,5H2,1H3. The van der Waals surface area contributed by atoms with Crippen molar-refractivity contribution in [1.29, 1.82) is 0 Å². The summed E-state index contributed by atoms with van der Waals surface area (Å²) in [6.07, 6.45) is 3.56. The van der Waals surface area contributed by atoms with E-state index in [0.717, 1.165) is 5.75 Å². The molecule has 13 heavy (non-hydrogen) atoms. The molecule has 0 saturated carbocycles. The summed E-state index contributed by atoms with van der Waals surface area (Å²) in [5, 5.41) is 7.72. The topological polar surface area (TPSA) is 52.1 Å². The first-order valence-corrected chi connectivity index (χ1v) is 5.14. The zero-order valence-electron chi connectivity index (χ0n) is 7.06. The molecule has 2 aromatic heterocycles. The average molecular weight is 196 g/mol. The molecule has 0 unspecified atom stereocenters. The summed E-state index contributed by atoms with van der Waals surface area (Å²) in [6, 6.07) is 3.57. The molecule has 0 amide bonds. The first-order valence-electron chi connectivity index (χ1n) is 3.75. The highest BCUT2D eigenvalue weighted by Crippen LogP contribution is 2.19. The molecule has 2 rings (SSSR count). The minimum absolute atomic E-state index is 0.439. The van der Waals surface area contributed by atoms with Crippen LogP contribution in [0.15, 0.2) is 27.2 Å². The fourth-order valence-corrected chi connectivity index (χ4v) is 1.30. The number of thioether (sulfide) groups is 1. The maximum absolute atomic E-state index is 5.33. The van der Waals surface area contributed by atoms with Gasteiger partial charge in [0.2, 0.25) is 5.89 Å². The molecule has 0 aliphatic heterocycles. The number of hydrogen-bond acceptors (Lipinski definition) is 5. The van der Waals surface area contributed by atoms with Crippen molar-refractivity contribution in [2.24, 2.45) is 0 Å². The van der Waals surface area contributed by atoms with Crippen LogP contribution in [0.4, 0.5) is 0 Å². The van der Waals surface area contributed by atoms with Gasteiger partial charge in [0.25, 0.3) is 5.89 Å². The van der Waals surface area contributed by atoms with Crippen molar-refractivity contribution in [2.45, 2.75) is 5.75 Å². The second-order valence-electron chi connectivity index (χ2n) is 2.41. The Hall–Kier alpha value is -1.23. The van der Waals surface area contributed by atoms with E-state index in [4.69, 9.17) is 8.83 Å². The van der Waals surface area contributed by atoms with E-state index in [2.05, 4.69) is 10.2 Å². The lowest BCUT2D eigenvalue weighted by Gasteiger charge is -1.86. The zero-order valence-corrected chi connectivity index (χ0v) is 7.87. The first-order chi connectivity index (χ1) is 6.40. The Morgan fingerprint density at radius 2 is 2.38 bits per heavy atom. The first kappa shape index (κ1) is 8.37. The summed E-state index contributed by atoms with van der Waals surface area (Å²) >= 11 is 1.64. The van der Waals surface area contributed by atoms with Crippen molar-refractivity contribution in [3.8, 4) is 11.7 Å². The van der Waals surface area contributed by atoms with Crippen LogP contribution in [0.25, 0.3) is 11.7 Å². The van der Waals surface area contributed by atoms with Crippen LogP contribution in [0.3, 0.4) is 0 Å². The molecule has 2 aromatic rings. The quantitative estimate of drug-likeness (QED) is 0.753. The van der Waals surface area contributed by atoms with Gasteiger partial charge < -0.3 is 8.83 Å². The van der Waals surface area contributed by atoms with E-state index in [1.807, 2.05) is 6.26 Å². The Bertz CT molecular complexity index is 369. The Morgan fingerprint density at radius 3 is 3.08 bits per heavy atom. The maximum atomic E-state index is 5.33. The normalized spacial score (nSPS) is 10.5. The Morgan fingerprint density at radius 1 is 1.46 bits per heavy atom. The Balaban J connectivity index is 2.23. The van der Waals surface area contributed by atoms with Gasteiger partial charge in [-0.25, -0.2) is 0 Å². The Labute approximate surface area is 79.3 Å². The number of nitrogens with zero attached hydrogens (tertiary/aromatic N) is 2. The molecule has 68 valence electrons. The molecule has 0 atom stereocenters. The molecule has 0 N–H and O–H groups in total. The van der Waals surface area contributed by atoms with Gasteiger partial charge in [-0.2, -0.15) is 11.8 Å². The van der Waals surface area contributed by atoms with Crippen molar-refractivity contribution in [2.75, 3.05) is 6.26 Å². The fraction of sp³-hybridized carbons (Fsp3) is 0.250. The number of hydrogen-bond donors (Lipinski definition) is 0. The highest BCUT2D eigenvalue weighted by Gasteiger charge is 2.09. The summed E-state index contributed by atoms with van der Waals surface area (Å²) in [4.78, 5) is 0. The molecule has 2 heterocycles. The second kappa shape index (κ2) is 3.66. The van der Waals surface area contributed by atoms with Crippen LogP contribution in [-0.4, -0.2) is 16.5 Å². The van der Waals surface area contributed by atoms with E-state index in [-0.39, 0.29) is 0 Å². The third-order valence-corrected chi connectivity index (χ3v) is 2.00. The molecule has 0 aromatic carbocycles. The summed E-state index contributed by atoms with van der Waals surface area (Å²) in [5.74, 6) is 2.40. The third-order valence-electron chi connectivity index (χ3n) is 1.47. The van der Waals surface area contributed by atoms with E-state index in [9.17, 15) is 0 Å². The van der Waals surface area contributed by atoms with Gasteiger partial charge in [-0.3, -0.25) is 0 Å². The average Bonchev–Trinajstić information content (AvgIpc) is 2.70. The monoisotopic (exact) mass is 196 g/mol. The van der Waals surface area contributed by atoms with E-state index in [1.165, 1.54) is 0 Å². The molecular formula is C8H8N2O2S. The molecule has 0 aliphatic rings. The molecule has 0 fully saturated rings. The predicted octanol–water partition coefficient (Wildman–Crippen LogP) is 2.19. The van der Waals surface area contributed by atoms with E-state index < -0.39 is 0 Å². The molecule has 5 heteroatoms. The molecule has 0 spiro atoms. The second-order valence-corrected chi connectivity index (χ2v) is 3.28. The highest BCUT2D eigenvalue weighted by molar-refractivity contribution is 7.97. The lowest BCUT2D eigenvalue weighted by molar-refractivity contribution is 0.494. The van der Waals surface area contributed by atoms with Gasteiger partial charge in [0.05, 0.1) is 12.0 Å². The minimum Gasteiger partial charge on any atom is -0.459 e. The number of rotatable bonds is 3. The van der Waals surface area contributed by atoms with E-state index in [1.54, 1.807) is 30.2 Å². The minimum atomic E-state index is 0.439. The fourth-order valence-electron chi connectivity index (χ4n) is 0.935. The smallest absolute Gasteiger partial charge is 0.283 e. The van der Waals surface area contributed by atoms with Crippen LogP contribution in [-0.2, 0) is 5.75 Å². The van der Waals surface area contributed by atoms with Crippen molar-refractivity contribution in [3.05, 3.63) is 24.3 Å². The number of furan rings is 1. The van der Waals surface area contributed by atoms with Crippen molar-refractivity contribution < 1.29 is 8.83 Å².